The van der Waals surface area contributed by atoms with Crippen LogP contribution in [0.1, 0.15) is 11.8 Å². The van der Waals surface area contributed by atoms with Crippen molar-refractivity contribution in [2.24, 2.45) is 5.10 Å². The molecular weight excluding hydrogens is 406 g/mol. The number of hydrazone groups is 1. The molecule has 3 aromatic rings. The van der Waals surface area contributed by atoms with Gasteiger partial charge < -0.3 is 11.2 Å². The number of rotatable bonds is 7. The van der Waals surface area contributed by atoms with Gasteiger partial charge in [0.1, 0.15) is 0 Å². The molecule has 2 heterocycles. The van der Waals surface area contributed by atoms with Crippen molar-refractivity contribution in [3.63, 3.8) is 0 Å². The molecule has 3 rings (SSSR count). The normalized spacial score (nSPS) is 11.4. The van der Waals surface area contributed by atoms with Gasteiger partial charge in [-0.1, -0.05) is 41.6 Å². The maximum absolute atomic E-state index is 12.1. The van der Waals surface area contributed by atoms with Gasteiger partial charge in [-0.3, -0.25) is 4.79 Å². The van der Waals surface area contributed by atoms with Crippen LogP contribution in [0.25, 0.3) is 0 Å². The first-order chi connectivity index (χ1) is 13.0. The second-order valence-electron chi connectivity index (χ2n) is 5.28. The summed E-state index contributed by atoms with van der Waals surface area (Å²) in [6.45, 7) is 1.88. The molecule has 4 N–H and O–H groups in total. The molecule has 1 aromatic carbocycles. The summed E-state index contributed by atoms with van der Waals surface area (Å²) in [6, 6.07) is 10.9. The predicted molar refractivity (Wildman–Crippen MR) is 111 cm³/mol. The van der Waals surface area contributed by atoms with E-state index in [2.05, 4.69) is 26.0 Å². The van der Waals surface area contributed by atoms with Crippen LogP contribution >= 0.6 is 34.7 Å². The van der Waals surface area contributed by atoms with Crippen LogP contribution < -0.4 is 16.6 Å². The molecule has 0 aliphatic heterocycles. The molecule has 2 aromatic heterocycles. The minimum atomic E-state index is -0.225. The van der Waals surface area contributed by atoms with E-state index < -0.39 is 0 Å². The zero-order valence-corrected chi connectivity index (χ0v) is 16.6. The lowest BCUT2D eigenvalue weighted by molar-refractivity contribution is -0.113. The van der Waals surface area contributed by atoms with Crippen molar-refractivity contribution in [1.29, 1.82) is 0 Å². The van der Waals surface area contributed by atoms with Gasteiger partial charge in [-0.2, -0.15) is 5.10 Å². The second-order valence-corrected chi connectivity index (χ2v) is 7.58. The third-order valence-corrected chi connectivity index (χ3v) is 5.60. The molecule has 8 nitrogen and oxygen atoms in total. The van der Waals surface area contributed by atoms with E-state index in [1.165, 1.54) is 4.68 Å². The number of anilines is 2. The van der Waals surface area contributed by atoms with E-state index in [9.17, 15) is 4.79 Å². The second kappa shape index (κ2) is 8.89. The molecule has 0 aliphatic carbocycles. The fraction of sp³-hybridized carbons (Fsp3) is 0.125. The number of aromatic nitrogens is 3. The summed E-state index contributed by atoms with van der Waals surface area (Å²) in [5, 5.41) is 17.7. The summed E-state index contributed by atoms with van der Waals surface area (Å²) >= 11 is 8.76. The Kier molecular flexibility index (Phi) is 6.32. The zero-order valence-electron chi connectivity index (χ0n) is 14.2. The average Bonchev–Trinajstić information content (AvgIpc) is 3.31. The number of nitrogens with one attached hydrogen (secondary N) is 2. The van der Waals surface area contributed by atoms with Gasteiger partial charge >= 0.3 is 0 Å². The molecule has 1 amide bonds. The molecule has 0 unspecified atom stereocenters. The van der Waals surface area contributed by atoms with E-state index in [0.29, 0.717) is 15.9 Å². The minimum Gasteiger partial charge on any atom is -0.334 e. The Morgan fingerprint density at radius 1 is 1.33 bits per heavy atom. The van der Waals surface area contributed by atoms with Crippen LogP contribution in [-0.2, 0) is 4.79 Å². The SMILES string of the molecule is C/C(=N\Nc1nnc(SCC(=O)Nc2ccccc2Cl)n1N)c1cccs1. The van der Waals surface area contributed by atoms with Crippen LogP contribution in [0.5, 0.6) is 0 Å². The topological polar surface area (TPSA) is 110 Å². The summed E-state index contributed by atoms with van der Waals surface area (Å²) in [5.41, 5.74) is 4.15. The van der Waals surface area contributed by atoms with E-state index in [1.807, 2.05) is 24.4 Å². The van der Waals surface area contributed by atoms with Crippen LogP contribution in [0.3, 0.4) is 0 Å². The zero-order chi connectivity index (χ0) is 19.2. The number of carbonyl (C=O) groups is 1. The van der Waals surface area contributed by atoms with Crippen molar-refractivity contribution in [2.75, 3.05) is 22.3 Å². The summed E-state index contributed by atoms with van der Waals surface area (Å²) < 4.78 is 1.25. The molecule has 27 heavy (non-hydrogen) atoms. The van der Waals surface area contributed by atoms with Gasteiger partial charge in [-0.25, -0.2) is 10.1 Å². The molecule has 0 atom stereocenters. The standard InChI is InChI=1S/C16H16ClN7OS2/c1-10(13-7-4-8-26-13)20-21-15-22-23-16(24(15)18)27-9-14(25)19-12-6-3-2-5-11(12)17/h2-8H,9,18H2,1H3,(H,19,25)(H,21,22)/b20-10+. The Morgan fingerprint density at radius 2 is 2.15 bits per heavy atom. The van der Waals surface area contributed by atoms with Gasteiger partial charge in [0.15, 0.2) is 0 Å². The molecule has 0 fully saturated rings. The lowest BCUT2D eigenvalue weighted by Gasteiger charge is -2.06. The molecule has 11 heteroatoms. The van der Waals surface area contributed by atoms with Gasteiger partial charge in [-0.15, -0.1) is 21.5 Å². The van der Waals surface area contributed by atoms with Crippen LogP contribution in [0, 0.1) is 0 Å². The Labute approximate surface area is 168 Å². The molecule has 0 aliphatic rings. The number of nitrogens with zero attached hydrogens (tertiary/aromatic N) is 4. The predicted octanol–water partition coefficient (Wildman–Crippen LogP) is 3.27. The largest absolute Gasteiger partial charge is 0.334 e. The number of carbonyl (C=O) groups excluding carboxylic acids is 1. The summed E-state index contributed by atoms with van der Waals surface area (Å²) in [6.07, 6.45) is 0. The lowest BCUT2D eigenvalue weighted by atomic mass is 10.3. The van der Waals surface area contributed by atoms with Crippen molar-refractivity contribution in [2.45, 2.75) is 12.1 Å². The van der Waals surface area contributed by atoms with Gasteiger partial charge in [0, 0.05) is 4.88 Å². The van der Waals surface area contributed by atoms with Crippen molar-refractivity contribution in [3.8, 4) is 0 Å². The highest BCUT2D eigenvalue weighted by Crippen LogP contribution is 2.22. The average molecular weight is 422 g/mol. The third kappa shape index (κ3) is 5.00. The molecule has 0 spiro atoms. The van der Waals surface area contributed by atoms with E-state index >= 15 is 0 Å². The van der Waals surface area contributed by atoms with Crippen LogP contribution in [-0.4, -0.2) is 32.2 Å². The highest BCUT2D eigenvalue weighted by Gasteiger charge is 2.13. The van der Waals surface area contributed by atoms with Gasteiger partial charge in [0.05, 0.1) is 22.2 Å². The molecule has 0 bridgehead atoms. The number of para-hydroxylation sites is 1. The summed E-state index contributed by atoms with van der Waals surface area (Å²) in [5.74, 6) is 6.12. The number of benzene rings is 1. The van der Waals surface area contributed by atoms with E-state index in [4.69, 9.17) is 17.4 Å². The van der Waals surface area contributed by atoms with Gasteiger partial charge in [0.2, 0.25) is 11.1 Å². The summed E-state index contributed by atoms with van der Waals surface area (Å²) in [7, 11) is 0. The van der Waals surface area contributed by atoms with Gasteiger partial charge in [-0.05, 0) is 30.5 Å². The maximum atomic E-state index is 12.1. The number of thioether (sulfide) groups is 1. The molecule has 140 valence electrons. The van der Waals surface area contributed by atoms with Gasteiger partial charge in [0.25, 0.3) is 5.95 Å². The Bertz CT molecular complexity index is 956. The number of halogens is 1. The Balaban J connectivity index is 1.56. The molecular formula is C16H16ClN7OS2. The first-order valence-electron chi connectivity index (χ1n) is 7.76. The van der Waals surface area contributed by atoms with Crippen molar-refractivity contribution in [3.05, 3.63) is 51.7 Å². The third-order valence-electron chi connectivity index (χ3n) is 3.35. The van der Waals surface area contributed by atoms with Crippen molar-refractivity contribution in [1.82, 2.24) is 14.9 Å². The fourth-order valence-corrected chi connectivity index (χ4v) is 3.52. The van der Waals surface area contributed by atoms with E-state index in [0.717, 1.165) is 22.4 Å². The maximum Gasteiger partial charge on any atom is 0.264 e. The lowest BCUT2D eigenvalue weighted by Crippen LogP contribution is -2.17. The number of amides is 1. The number of hydrogen-bond donors (Lipinski definition) is 3. The number of nitrogens with two attached hydrogens (primary N) is 1. The van der Waals surface area contributed by atoms with E-state index in [-0.39, 0.29) is 17.6 Å². The fourth-order valence-electron chi connectivity index (χ4n) is 2.00. The Morgan fingerprint density at radius 3 is 2.89 bits per heavy atom. The van der Waals surface area contributed by atoms with Crippen molar-refractivity contribution < 1.29 is 4.79 Å². The highest BCUT2D eigenvalue weighted by molar-refractivity contribution is 7.99. The minimum absolute atomic E-state index is 0.109. The van der Waals surface area contributed by atoms with E-state index in [1.54, 1.807) is 35.6 Å². The number of nitrogen functional groups attached to an aromatic ring is 1. The summed E-state index contributed by atoms with van der Waals surface area (Å²) in [4.78, 5) is 13.1. The first kappa shape index (κ1) is 19.2. The number of thiophene rings is 1. The van der Waals surface area contributed by atoms with Crippen molar-refractivity contribution >= 4 is 58.0 Å². The molecule has 0 radical (unpaired) electrons. The van der Waals surface area contributed by atoms with Crippen LogP contribution in [0.4, 0.5) is 11.6 Å². The van der Waals surface area contributed by atoms with Crippen LogP contribution in [0.2, 0.25) is 5.02 Å². The quantitative estimate of drug-likeness (QED) is 0.234. The number of hydrogen-bond acceptors (Lipinski definition) is 8. The molecule has 0 saturated carbocycles. The monoisotopic (exact) mass is 421 g/mol. The highest BCUT2D eigenvalue weighted by atomic mass is 35.5. The first-order valence-corrected chi connectivity index (χ1v) is 10.0. The smallest absolute Gasteiger partial charge is 0.264 e. The Hall–Kier alpha value is -2.56. The molecule has 0 saturated heterocycles. The van der Waals surface area contributed by atoms with Crippen LogP contribution in [0.15, 0.2) is 52.0 Å².